The summed E-state index contributed by atoms with van der Waals surface area (Å²) in [6.45, 7) is 1.90. The van der Waals surface area contributed by atoms with Gasteiger partial charge >= 0.3 is 0 Å². The minimum Gasteiger partial charge on any atom is -0.358 e. The quantitative estimate of drug-likeness (QED) is 0.430. The summed E-state index contributed by atoms with van der Waals surface area (Å²) in [5.41, 5.74) is 1.27. The number of nitrogens with one attached hydrogen (secondary N) is 2. The van der Waals surface area contributed by atoms with Gasteiger partial charge in [-0.15, -0.1) is 11.3 Å². The Labute approximate surface area is 177 Å². The maximum absolute atomic E-state index is 14.0. The monoisotopic (exact) mass is 439 g/mol. The van der Waals surface area contributed by atoms with Crippen LogP contribution < -0.4 is 10.9 Å². The molecular formula is C20H15F2N7OS. The maximum Gasteiger partial charge on any atom is 0.276 e. The molecule has 156 valence electrons. The van der Waals surface area contributed by atoms with Crippen molar-refractivity contribution in [2.24, 2.45) is 0 Å². The van der Waals surface area contributed by atoms with Gasteiger partial charge in [-0.3, -0.25) is 9.36 Å². The van der Waals surface area contributed by atoms with E-state index in [2.05, 4.69) is 30.2 Å². The molecule has 4 heterocycles. The molecule has 0 amide bonds. The third-order valence-corrected chi connectivity index (χ3v) is 5.75. The van der Waals surface area contributed by atoms with Gasteiger partial charge in [0.25, 0.3) is 5.56 Å². The zero-order valence-electron chi connectivity index (χ0n) is 16.1. The summed E-state index contributed by atoms with van der Waals surface area (Å²) >= 11 is 1.23. The second kappa shape index (κ2) is 7.51. The van der Waals surface area contributed by atoms with Gasteiger partial charge in [0.15, 0.2) is 11.5 Å². The van der Waals surface area contributed by atoms with Gasteiger partial charge in [-0.05, 0) is 30.0 Å². The zero-order chi connectivity index (χ0) is 21.5. The van der Waals surface area contributed by atoms with Gasteiger partial charge in [0.2, 0.25) is 0 Å². The lowest BCUT2D eigenvalue weighted by molar-refractivity contribution is 0.578. The average molecular weight is 439 g/mol. The molecule has 0 saturated carbocycles. The van der Waals surface area contributed by atoms with Gasteiger partial charge < -0.3 is 10.3 Å². The van der Waals surface area contributed by atoms with Gasteiger partial charge in [0.05, 0.1) is 23.6 Å². The first-order chi connectivity index (χ1) is 15.0. The fourth-order valence-corrected chi connectivity index (χ4v) is 4.23. The molecule has 0 spiro atoms. The van der Waals surface area contributed by atoms with Crippen LogP contribution in [0.4, 0.5) is 14.6 Å². The Kier molecular flexibility index (Phi) is 4.66. The summed E-state index contributed by atoms with van der Waals surface area (Å²) in [6.07, 6.45) is 3.41. The first kappa shape index (κ1) is 19.2. The van der Waals surface area contributed by atoms with E-state index in [0.29, 0.717) is 39.4 Å². The third-order valence-electron chi connectivity index (χ3n) is 4.86. The Morgan fingerprint density at radius 2 is 2.00 bits per heavy atom. The largest absolute Gasteiger partial charge is 0.358 e. The second-order valence-corrected chi connectivity index (χ2v) is 7.72. The number of rotatable bonds is 5. The van der Waals surface area contributed by atoms with Gasteiger partial charge in [0.1, 0.15) is 34.0 Å². The van der Waals surface area contributed by atoms with Crippen molar-refractivity contribution in [3.05, 3.63) is 70.1 Å². The second-order valence-electron chi connectivity index (χ2n) is 6.80. The molecule has 8 nitrogen and oxygen atoms in total. The van der Waals surface area contributed by atoms with Gasteiger partial charge in [0, 0.05) is 6.07 Å². The summed E-state index contributed by atoms with van der Waals surface area (Å²) in [5, 5.41) is 5.01. The summed E-state index contributed by atoms with van der Waals surface area (Å²) in [4.78, 5) is 33.5. The fraction of sp³-hybridized carbons (Fsp3) is 0.150. The van der Waals surface area contributed by atoms with E-state index in [-0.39, 0.29) is 5.69 Å². The molecule has 1 atom stereocenters. The van der Waals surface area contributed by atoms with Crippen LogP contribution >= 0.6 is 11.3 Å². The normalized spacial score (nSPS) is 12.5. The Bertz CT molecular complexity index is 1460. The molecule has 0 aliphatic rings. The van der Waals surface area contributed by atoms with Crippen LogP contribution in [0.15, 0.2) is 47.1 Å². The predicted molar refractivity (Wildman–Crippen MR) is 113 cm³/mol. The van der Waals surface area contributed by atoms with Crippen LogP contribution in [-0.4, -0.2) is 29.5 Å². The van der Waals surface area contributed by atoms with Crippen molar-refractivity contribution in [2.75, 3.05) is 5.32 Å². The predicted octanol–water partition coefficient (Wildman–Crippen LogP) is 3.95. The Morgan fingerprint density at radius 3 is 2.77 bits per heavy atom. The first-order valence-corrected chi connectivity index (χ1v) is 10.3. The number of anilines is 1. The average Bonchev–Trinajstić information content (AvgIpc) is 3.41. The highest BCUT2D eigenvalue weighted by molar-refractivity contribution is 7.17. The molecule has 0 fully saturated rings. The van der Waals surface area contributed by atoms with Gasteiger partial charge in [-0.1, -0.05) is 6.92 Å². The lowest BCUT2D eigenvalue weighted by Crippen LogP contribution is -2.28. The number of benzene rings is 1. The Balaban J connectivity index is 1.72. The molecule has 31 heavy (non-hydrogen) atoms. The van der Waals surface area contributed by atoms with E-state index in [9.17, 15) is 13.6 Å². The van der Waals surface area contributed by atoms with Crippen molar-refractivity contribution < 1.29 is 8.78 Å². The molecule has 0 aliphatic heterocycles. The highest BCUT2D eigenvalue weighted by Gasteiger charge is 2.23. The molecule has 5 aromatic rings. The number of thiophene rings is 1. The molecule has 11 heteroatoms. The first-order valence-electron chi connectivity index (χ1n) is 9.42. The summed E-state index contributed by atoms with van der Waals surface area (Å²) in [6, 6.07) is 4.22. The van der Waals surface area contributed by atoms with Gasteiger partial charge in [-0.2, -0.15) is 0 Å². The van der Waals surface area contributed by atoms with Crippen LogP contribution in [0.25, 0.3) is 27.1 Å². The molecule has 0 aliphatic carbocycles. The summed E-state index contributed by atoms with van der Waals surface area (Å²) in [7, 11) is 0. The number of aromatic nitrogens is 6. The molecule has 0 saturated heterocycles. The number of aromatic amines is 1. The molecule has 4 aromatic heterocycles. The van der Waals surface area contributed by atoms with Crippen LogP contribution in [0, 0.1) is 11.6 Å². The van der Waals surface area contributed by atoms with Crippen molar-refractivity contribution >= 4 is 38.5 Å². The molecule has 0 bridgehead atoms. The van der Waals surface area contributed by atoms with Crippen LogP contribution in [-0.2, 0) is 0 Å². The molecule has 1 unspecified atom stereocenters. The number of nitrogens with zero attached hydrogens (tertiary/aromatic N) is 5. The molecule has 1 aromatic carbocycles. The minimum absolute atomic E-state index is 0.0631. The number of hydrogen-bond donors (Lipinski definition) is 2. The van der Waals surface area contributed by atoms with E-state index in [4.69, 9.17) is 0 Å². The molecular weight excluding hydrogens is 424 g/mol. The summed E-state index contributed by atoms with van der Waals surface area (Å²) < 4.78 is 29.6. The van der Waals surface area contributed by atoms with Crippen molar-refractivity contribution in [2.45, 2.75) is 19.4 Å². The van der Waals surface area contributed by atoms with Crippen molar-refractivity contribution in [1.29, 1.82) is 0 Å². The highest BCUT2D eigenvalue weighted by atomic mass is 32.1. The SMILES string of the molecule is CCC(Nc1ncnc2[nH]cnc12)c1nc2ccsc2c(=O)n1-c1cc(F)cc(F)c1. The number of imidazole rings is 1. The van der Waals surface area contributed by atoms with Crippen LogP contribution in [0.5, 0.6) is 0 Å². The number of fused-ring (bicyclic) bond motifs is 2. The topological polar surface area (TPSA) is 101 Å². The standard InChI is InChI=1S/C20H15F2N7OS/c1-2-13(27-18-15-17(24-8-23-15)25-9-26-18)19-28-14-3-4-31-16(14)20(30)29(19)12-6-10(21)5-11(22)7-12/h3-9,13H,2H2,1H3,(H2,23,24,25,26,27). The number of halogens is 2. The van der Waals surface area contributed by atoms with E-state index < -0.39 is 23.2 Å². The smallest absolute Gasteiger partial charge is 0.276 e. The fourth-order valence-electron chi connectivity index (χ4n) is 3.47. The van der Waals surface area contributed by atoms with E-state index in [1.807, 2.05) is 6.92 Å². The molecule has 2 N–H and O–H groups in total. The number of hydrogen-bond acceptors (Lipinski definition) is 7. The Morgan fingerprint density at radius 1 is 1.19 bits per heavy atom. The van der Waals surface area contributed by atoms with E-state index in [1.54, 1.807) is 11.4 Å². The van der Waals surface area contributed by atoms with Gasteiger partial charge in [-0.25, -0.2) is 28.7 Å². The maximum atomic E-state index is 14.0. The van der Waals surface area contributed by atoms with Crippen molar-refractivity contribution in [3.63, 3.8) is 0 Å². The minimum atomic E-state index is -0.783. The third kappa shape index (κ3) is 3.32. The summed E-state index contributed by atoms with van der Waals surface area (Å²) in [5.74, 6) is -0.802. The number of H-pyrrole nitrogens is 1. The van der Waals surface area contributed by atoms with E-state index in [0.717, 1.165) is 18.2 Å². The lowest BCUT2D eigenvalue weighted by atomic mass is 10.1. The van der Waals surface area contributed by atoms with Crippen LogP contribution in [0.2, 0.25) is 0 Å². The van der Waals surface area contributed by atoms with E-state index in [1.165, 1.54) is 28.6 Å². The molecule has 0 radical (unpaired) electrons. The highest BCUT2D eigenvalue weighted by Crippen LogP contribution is 2.27. The molecule has 5 rings (SSSR count). The van der Waals surface area contributed by atoms with Crippen molar-refractivity contribution in [3.8, 4) is 5.69 Å². The lowest BCUT2D eigenvalue weighted by Gasteiger charge is -2.21. The zero-order valence-corrected chi connectivity index (χ0v) is 17.0. The van der Waals surface area contributed by atoms with E-state index >= 15 is 0 Å². The van der Waals surface area contributed by atoms with Crippen LogP contribution in [0.1, 0.15) is 25.2 Å². The Hall–Kier alpha value is -3.73. The van der Waals surface area contributed by atoms with Crippen LogP contribution in [0.3, 0.4) is 0 Å². The van der Waals surface area contributed by atoms with Crippen molar-refractivity contribution in [1.82, 2.24) is 29.5 Å².